The van der Waals surface area contributed by atoms with E-state index in [1.165, 1.54) is 31.0 Å². The van der Waals surface area contributed by atoms with Gasteiger partial charge in [-0.3, -0.25) is 0 Å². The van der Waals surface area contributed by atoms with Crippen molar-refractivity contribution in [3.05, 3.63) is 27.6 Å². The van der Waals surface area contributed by atoms with Crippen molar-refractivity contribution in [2.45, 2.75) is 34.3 Å². The van der Waals surface area contributed by atoms with E-state index < -0.39 is 0 Å². The molecule has 3 heterocycles. The van der Waals surface area contributed by atoms with Crippen LogP contribution in [-0.2, 0) is 13.0 Å². The molecule has 0 saturated carbocycles. The van der Waals surface area contributed by atoms with E-state index >= 15 is 0 Å². The molecule has 0 fully saturated rings. The Balaban J connectivity index is 1.77. The molecular formula is C16H17IN6S2. The summed E-state index contributed by atoms with van der Waals surface area (Å²) < 4.78 is 3.34. The zero-order valence-electron chi connectivity index (χ0n) is 13.4. The van der Waals surface area contributed by atoms with Crippen LogP contribution in [0.4, 0.5) is 5.82 Å². The van der Waals surface area contributed by atoms with Crippen LogP contribution in [0.2, 0.25) is 0 Å². The summed E-state index contributed by atoms with van der Waals surface area (Å²) in [5, 5.41) is 0.888. The van der Waals surface area contributed by atoms with Crippen LogP contribution in [0.25, 0.3) is 11.2 Å². The van der Waals surface area contributed by atoms with E-state index in [0.29, 0.717) is 17.9 Å². The van der Waals surface area contributed by atoms with Gasteiger partial charge in [-0.05, 0) is 59.7 Å². The minimum Gasteiger partial charge on any atom is -0.382 e. The molecule has 0 amide bonds. The van der Waals surface area contributed by atoms with Crippen LogP contribution < -0.4 is 11.5 Å². The van der Waals surface area contributed by atoms with Gasteiger partial charge < -0.3 is 16.0 Å². The van der Waals surface area contributed by atoms with Crippen molar-refractivity contribution in [3.8, 4) is 0 Å². The van der Waals surface area contributed by atoms with Crippen molar-refractivity contribution in [1.82, 2.24) is 19.5 Å². The zero-order chi connectivity index (χ0) is 17.4. The van der Waals surface area contributed by atoms with Gasteiger partial charge in [-0.1, -0.05) is 11.8 Å². The second kappa shape index (κ2) is 7.29. The molecule has 0 aliphatic carbocycles. The van der Waals surface area contributed by atoms with Gasteiger partial charge in [0.25, 0.3) is 0 Å². The van der Waals surface area contributed by atoms with Gasteiger partial charge in [-0.2, -0.15) is 0 Å². The molecule has 4 rings (SSSR count). The molecule has 1 aliphatic rings. The molecule has 0 unspecified atom stereocenters. The van der Waals surface area contributed by atoms with Crippen LogP contribution in [-0.4, -0.2) is 31.8 Å². The third-order valence-corrected chi connectivity index (χ3v) is 7.47. The number of rotatable bonds is 5. The molecule has 0 bridgehead atoms. The summed E-state index contributed by atoms with van der Waals surface area (Å²) in [6.07, 6.45) is 3.48. The van der Waals surface area contributed by atoms with Crippen LogP contribution in [0.1, 0.15) is 12.0 Å². The highest BCUT2D eigenvalue weighted by Crippen LogP contribution is 2.39. The molecule has 3 aromatic rings. The minimum atomic E-state index is 0.415. The molecule has 6 nitrogen and oxygen atoms in total. The highest BCUT2D eigenvalue weighted by atomic mass is 127. The highest BCUT2D eigenvalue weighted by Gasteiger charge is 2.19. The van der Waals surface area contributed by atoms with Crippen LogP contribution in [0.15, 0.2) is 33.4 Å². The van der Waals surface area contributed by atoms with Crippen molar-refractivity contribution in [2.75, 3.05) is 18.0 Å². The van der Waals surface area contributed by atoms with E-state index in [0.717, 1.165) is 30.2 Å². The maximum Gasteiger partial charge on any atom is 0.175 e. The van der Waals surface area contributed by atoms with Crippen LogP contribution in [0.3, 0.4) is 0 Å². The van der Waals surface area contributed by atoms with E-state index in [1.54, 1.807) is 11.8 Å². The topological polar surface area (TPSA) is 95.6 Å². The molecular weight excluding hydrogens is 467 g/mol. The second-order valence-electron chi connectivity index (χ2n) is 5.71. The van der Waals surface area contributed by atoms with Gasteiger partial charge in [0, 0.05) is 25.7 Å². The van der Waals surface area contributed by atoms with Crippen molar-refractivity contribution in [1.29, 1.82) is 0 Å². The summed E-state index contributed by atoms with van der Waals surface area (Å²) in [5.41, 5.74) is 14.6. The van der Waals surface area contributed by atoms with Crippen molar-refractivity contribution in [2.24, 2.45) is 5.73 Å². The fourth-order valence-electron chi connectivity index (χ4n) is 2.82. The maximum atomic E-state index is 6.00. The Morgan fingerprint density at radius 1 is 1.32 bits per heavy atom. The normalized spacial score (nSPS) is 13.5. The maximum absolute atomic E-state index is 6.00. The average Bonchev–Trinajstić information content (AvgIpc) is 3.18. The van der Waals surface area contributed by atoms with Gasteiger partial charge in [0.2, 0.25) is 0 Å². The van der Waals surface area contributed by atoms with E-state index in [-0.39, 0.29) is 0 Å². The van der Waals surface area contributed by atoms with Gasteiger partial charge in [-0.15, -0.1) is 11.8 Å². The molecule has 25 heavy (non-hydrogen) atoms. The highest BCUT2D eigenvalue weighted by molar-refractivity contribution is 14.1. The number of hydrogen-bond acceptors (Lipinski definition) is 7. The zero-order valence-corrected chi connectivity index (χ0v) is 17.2. The van der Waals surface area contributed by atoms with Gasteiger partial charge in [0.05, 0.1) is 0 Å². The summed E-state index contributed by atoms with van der Waals surface area (Å²) in [7, 11) is 0. The number of nitrogens with zero attached hydrogens (tertiary/aromatic N) is 4. The van der Waals surface area contributed by atoms with Crippen molar-refractivity contribution in [3.63, 3.8) is 0 Å². The molecule has 1 aliphatic heterocycles. The number of halogens is 1. The Morgan fingerprint density at radius 3 is 3.04 bits per heavy atom. The monoisotopic (exact) mass is 484 g/mol. The molecule has 1 aromatic carbocycles. The number of nitrogen functional groups attached to an aromatic ring is 1. The molecule has 0 spiro atoms. The van der Waals surface area contributed by atoms with Gasteiger partial charge >= 0.3 is 0 Å². The second-order valence-corrected chi connectivity index (χ2v) is 9.02. The predicted molar refractivity (Wildman–Crippen MR) is 111 cm³/mol. The fourth-order valence-corrected chi connectivity index (χ4v) is 5.89. The van der Waals surface area contributed by atoms with Gasteiger partial charge in [-0.25, -0.2) is 15.0 Å². The number of aryl methyl sites for hydroxylation is 2. The average molecular weight is 484 g/mol. The Labute approximate surface area is 167 Å². The molecule has 0 atom stereocenters. The lowest BCUT2D eigenvalue weighted by molar-refractivity contribution is 0.612. The summed E-state index contributed by atoms with van der Waals surface area (Å²) in [6.45, 7) is 1.39. The molecule has 2 aromatic heterocycles. The molecule has 0 radical (unpaired) electrons. The Bertz CT molecular complexity index is 942. The molecule has 130 valence electrons. The standard InChI is InChI=1S/C16H17IN6S2/c17-10-7-11-9(2-5-24-11)6-12(10)25-16-22-13-14(19)20-8-21-15(13)23(16)4-1-3-18/h6-8H,1-5,18H2,(H2,19,20,21). The van der Waals surface area contributed by atoms with Crippen LogP contribution in [0.5, 0.6) is 0 Å². The van der Waals surface area contributed by atoms with E-state index in [1.807, 2.05) is 11.8 Å². The van der Waals surface area contributed by atoms with Gasteiger partial charge in [0.1, 0.15) is 6.33 Å². The lowest BCUT2D eigenvalue weighted by Gasteiger charge is -2.10. The van der Waals surface area contributed by atoms with Crippen LogP contribution in [0, 0.1) is 3.57 Å². The third-order valence-electron chi connectivity index (χ3n) is 4.06. The van der Waals surface area contributed by atoms with E-state index in [9.17, 15) is 0 Å². The first-order chi connectivity index (χ1) is 12.2. The van der Waals surface area contributed by atoms with Crippen LogP contribution >= 0.6 is 46.1 Å². The number of nitrogens with two attached hydrogens (primary N) is 2. The quantitative estimate of drug-likeness (QED) is 0.538. The lowest BCUT2D eigenvalue weighted by Crippen LogP contribution is -2.07. The Hall–Kier alpha value is -1.04. The Kier molecular flexibility index (Phi) is 5.07. The van der Waals surface area contributed by atoms with Crippen molar-refractivity contribution < 1.29 is 0 Å². The number of imidazole rings is 1. The SMILES string of the molecule is NCCCn1c(Sc2cc3c(cc2I)SCC3)nc2c(N)ncnc21. The number of hydrogen-bond donors (Lipinski definition) is 2. The number of fused-ring (bicyclic) bond motifs is 2. The largest absolute Gasteiger partial charge is 0.382 e. The number of benzene rings is 1. The number of anilines is 1. The minimum absolute atomic E-state index is 0.415. The molecule has 9 heteroatoms. The summed E-state index contributed by atoms with van der Waals surface area (Å²) in [5.74, 6) is 1.58. The van der Waals surface area contributed by atoms with Gasteiger partial charge in [0.15, 0.2) is 22.1 Å². The summed E-state index contributed by atoms with van der Waals surface area (Å²) in [6, 6.07) is 4.57. The first-order valence-corrected chi connectivity index (χ1v) is 10.9. The van der Waals surface area contributed by atoms with E-state index in [4.69, 9.17) is 16.5 Å². The van der Waals surface area contributed by atoms with E-state index in [2.05, 4.69) is 49.3 Å². The predicted octanol–water partition coefficient (Wildman–Crippen LogP) is 3.16. The number of thioether (sulfide) groups is 1. The first-order valence-electron chi connectivity index (χ1n) is 7.97. The Morgan fingerprint density at radius 2 is 2.20 bits per heavy atom. The molecule has 4 N–H and O–H groups in total. The third kappa shape index (κ3) is 3.34. The first kappa shape index (κ1) is 17.4. The molecule has 0 saturated heterocycles. The fraction of sp³-hybridized carbons (Fsp3) is 0.312. The smallest absolute Gasteiger partial charge is 0.175 e. The van der Waals surface area contributed by atoms with Crippen molar-refractivity contribution >= 4 is 63.1 Å². The summed E-state index contributed by atoms with van der Waals surface area (Å²) in [4.78, 5) is 15.8. The number of aromatic nitrogens is 4. The summed E-state index contributed by atoms with van der Waals surface area (Å²) >= 11 is 6.00. The lowest BCUT2D eigenvalue weighted by atomic mass is 10.2.